The predicted octanol–water partition coefficient (Wildman–Crippen LogP) is 2.59. The molecular formula is C19H31ClN2O3S. The predicted molar refractivity (Wildman–Crippen MR) is 107 cm³/mol. The number of aryl methyl sites for hydroxylation is 2. The number of amides is 1. The van der Waals surface area contributed by atoms with Crippen LogP contribution >= 0.6 is 12.4 Å². The number of fused-ring (bicyclic) bond motifs is 1. The standard InChI is InChI=1S/C19H30N2O3S.ClH/c1-14(2)18(20)9-11-21(3)19(22)10-12-25(23,24)17-8-7-15-5-4-6-16(15)13-17;/h7-8,13-14,18H,4-6,9-12,20H2,1-3H3;1H. The number of rotatable bonds is 8. The highest BCUT2D eigenvalue weighted by atomic mass is 35.5. The van der Waals surface area contributed by atoms with E-state index in [1.54, 1.807) is 24.1 Å². The van der Waals surface area contributed by atoms with Crippen molar-refractivity contribution in [2.45, 2.75) is 56.9 Å². The molecule has 0 radical (unpaired) electrons. The molecule has 1 atom stereocenters. The van der Waals surface area contributed by atoms with Crippen molar-refractivity contribution < 1.29 is 13.2 Å². The van der Waals surface area contributed by atoms with Gasteiger partial charge in [-0.25, -0.2) is 8.42 Å². The van der Waals surface area contributed by atoms with E-state index in [9.17, 15) is 13.2 Å². The summed E-state index contributed by atoms with van der Waals surface area (Å²) in [6, 6.07) is 5.42. The van der Waals surface area contributed by atoms with Gasteiger partial charge in [0.05, 0.1) is 10.6 Å². The van der Waals surface area contributed by atoms with Crippen molar-refractivity contribution in [2.75, 3.05) is 19.3 Å². The van der Waals surface area contributed by atoms with Crippen LogP contribution in [-0.2, 0) is 27.5 Å². The van der Waals surface area contributed by atoms with Gasteiger partial charge in [0.25, 0.3) is 0 Å². The number of nitrogens with two attached hydrogens (primary N) is 1. The van der Waals surface area contributed by atoms with Gasteiger partial charge in [0.2, 0.25) is 5.91 Å². The molecule has 26 heavy (non-hydrogen) atoms. The number of hydrogen-bond acceptors (Lipinski definition) is 4. The van der Waals surface area contributed by atoms with Crippen LogP contribution in [0.5, 0.6) is 0 Å². The molecule has 5 nitrogen and oxygen atoms in total. The van der Waals surface area contributed by atoms with E-state index in [1.165, 1.54) is 5.56 Å². The van der Waals surface area contributed by atoms with E-state index < -0.39 is 9.84 Å². The van der Waals surface area contributed by atoms with Crippen LogP contribution in [0.3, 0.4) is 0 Å². The largest absolute Gasteiger partial charge is 0.346 e. The molecule has 0 fully saturated rings. The van der Waals surface area contributed by atoms with Crippen molar-refractivity contribution in [3.8, 4) is 0 Å². The minimum Gasteiger partial charge on any atom is -0.346 e. The molecule has 1 aliphatic carbocycles. The van der Waals surface area contributed by atoms with E-state index in [1.807, 2.05) is 6.07 Å². The molecule has 0 spiro atoms. The third-order valence-electron chi connectivity index (χ3n) is 5.09. The zero-order valence-electron chi connectivity index (χ0n) is 15.9. The van der Waals surface area contributed by atoms with Crippen molar-refractivity contribution >= 4 is 28.2 Å². The van der Waals surface area contributed by atoms with Crippen molar-refractivity contribution in [2.24, 2.45) is 11.7 Å². The molecule has 0 saturated heterocycles. The smallest absolute Gasteiger partial charge is 0.223 e. The molecule has 2 N–H and O–H groups in total. The molecule has 1 aliphatic rings. The lowest BCUT2D eigenvalue weighted by Gasteiger charge is -2.21. The molecule has 0 saturated carbocycles. The van der Waals surface area contributed by atoms with Gasteiger partial charge in [-0.05, 0) is 54.9 Å². The highest BCUT2D eigenvalue weighted by Gasteiger charge is 2.21. The molecule has 0 bridgehead atoms. The second kappa shape index (κ2) is 9.72. The van der Waals surface area contributed by atoms with Crippen LogP contribution in [0.1, 0.15) is 44.2 Å². The summed E-state index contributed by atoms with van der Waals surface area (Å²) in [4.78, 5) is 14.1. The maximum absolute atomic E-state index is 12.5. The number of carbonyl (C=O) groups excluding carboxylic acids is 1. The van der Waals surface area contributed by atoms with Crippen LogP contribution in [0.4, 0.5) is 0 Å². The van der Waals surface area contributed by atoms with Crippen LogP contribution in [0, 0.1) is 5.92 Å². The monoisotopic (exact) mass is 402 g/mol. The third-order valence-corrected chi connectivity index (χ3v) is 6.81. The minimum absolute atomic E-state index is 0. The normalized spacial score (nSPS) is 14.7. The van der Waals surface area contributed by atoms with Gasteiger partial charge < -0.3 is 10.6 Å². The number of sulfone groups is 1. The summed E-state index contributed by atoms with van der Waals surface area (Å²) in [5.41, 5.74) is 8.37. The van der Waals surface area contributed by atoms with Crippen LogP contribution in [0.2, 0.25) is 0 Å². The van der Waals surface area contributed by atoms with Crippen LogP contribution in [0.25, 0.3) is 0 Å². The number of benzene rings is 1. The average Bonchev–Trinajstić information content (AvgIpc) is 3.04. The zero-order valence-corrected chi connectivity index (χ0v) is 17.5. The Morgan fingerprint density at radius 1 is 1.23 bits per heavy atom. The van der Waals surface area contributed by atoms with Gasteiger partial charge >= 0.3 is 0 Å². The van der Waals surface area contributed by atoms with Crippen LogP contribution in [-0.4, -0.2) is 44.6 Å². The lowest BCUT2D eigenvalue weighted by atomic mass is 10.0. The summed E-state index contributed by atoms with van der Waals surface area (Å²) in [7, 11) is -1.72. The lowest BCUT2D eigenvalue weighted by molar-refractivity contribution is -0.129. The first-order valence-corrected chi connectivity index (χ1v) is 10.7. The van der Waals surface area contributed by atoms with E-state index >= 15 is 0 Å². The van der Waals surface area contributed by atoms with Crippen molar-refractivity contribution in [1.29, 1.82) is 0 Å². The van der Waals surface area contributed by atoms with Gasteiger partial charge in [0.1, 0.15) is 0 Å². The Hall–Kier alpha value is -1.11. The Morgan fingerprint density at radius 2 is 1.88 bits per heavy atom. The molecule has 0 aliphatic heterocycles. The Labute approximate surface area is 163 Å². The zero-order chi connectivity index (χ0) is 18.6. The van der Waals surface area contributed by atoms with Crippen LogP contribution < -0.4 is 5.73 Å². The van der Waals surface area contributed by atoms with Crippen molar-refractivity contribution in [3.05, 3.63) is 29.3 Å². The third kappa shape index (κ3) is 5.96. The van der Waals surface area contributed by atoms with E-state index in [2.05, 4.69) is 13.8 Å². The summed E-state index contributed by atoms with van der Waals surface area (Å²) in [6.07, 6.45) is 3.78. The number of nitrogens with zero attached hydrogens (tertiary/aromatic N) is 1. The molecule has 0 aromatic heterocycles. The first-order chi connectivity index (χ1) is 11.7. The van der Waals surface area contributed by atoms with Gasteiger partial charge in [-0.3, -0.25) is 4.79 Å². The fraction of sp³-hybridized carbons (Fsp3) is 0.632. The molecular weight excluding hydrogens is 372 g/mol. The Balaban J connectivity index is 0.00000338. The van der Waals surface area contributed by atoms with Crippen molar-refractivity contribution in [1.82, 2.24) is 4.90 Å². The maximum Gasteiger partial charge on any atom is 0.223 e. The van der Waals surface area contributed by atoms with Gasteiger partial charge in [0.15, 0.2) is 9.84 Å². The van der Waals surface area contributed by atoms with Gasteiger partial charge in [-0.15, -0.1) is 12.4 Å². The molecule has 7 heteroatoms. The molecule has 1 amide bonds. The summed E-state index contributed by atoms with van der Waals surface area (Å²) in [5, 5.41) is 0. The fourth-order valence-corrected chi connectivity index (χ4v) is 4.35. The fourth-order valence-electron chi connectivity index (χ4n) is 3.07. The van der Waals surface area contributed by atoms with Gasteiger partial charge in [-0.2, -0.15) is 0 Å². The summed E-state index contributed by atoms with van der Waals surface area (Å²) >= 11 is 0. The first kappa shape index (κ1) is 22.9. The quantitative estimate of drug-likeness (QED) is 0.724. The molecule has 0 heterocycles. The lowest BCUT2D eigenvalue weighted by Crippen LogP contribution is -2.35. The summed E-state index contributed by atoms with van der Waals surface area (Å²) in [6.45, 7) is 4.66. The first-order valence-electron chi connectivity index (χ1n) is 9.05. The molecule has 148 valence electrons. The van der Waals surface area contributed by atoms with Crippen molar-refractivity contribution in [3.63, 3.8) is 0 Å². The topological polar surface area (TPSA) is 80.5 Å². The number of carbonyl (C=O) groups is 1. The maximum atomic E-state index is 12.5. The van der Waals surface area contributed by atoms with Crippen LogP contribution in [0.15, 0.2) is 23.1 Å². The summed E-state index contributed by atoms with van der Waals surface area (Å²) < 4.78 is 25.0. The van der Waals surface area contributed by atoms with Gasteiger partial charge in [0, 0.05) is 26.1 Å². The minimum atomic E-state index is -3.43. The van der Waals surface area contributed by atoms with Gasteiger partial charge in [-0.1, -0.05) is 19.9 Å². The van der Waals surface area contributed by atoms with E-state index in [0.29, 0.717) is 17.4 Å². The second-order valence-electron chi connectivity index (χ2n) is 7.36. The highest BCUT2D eigenvalue weighted by Crippen LogP contribution is 2.25. The highest BCUT2D eigenvalue weighted by molar-refractivity contribution is 7.91. The second-order valence-corrected chi connectivity index (χ2v) is 9.47. The number of halogens is 1. The number of hydrogen-bond donors (Lipinski definition) is 1. The Bertz CT molecular complexity index is 719. The molecule has 1 aromatic rings. The molecule has 2 rings (SSSR count). The molecule has 1 unspecified atom stereocenters. The van der Waals surface area contributed by atoms with E-state index in [4.69, 9.17) is 5.73 Å². The van der Waals surface area contributed by atoms with E-state index in [0.717, 1.165) is 31.2 Å². The SMILES string of the molecule is CC(C)C(N)CCN(C)C(=O)CCS(=O)(=O)c1ccc2c(c1)CCC2.Cl. The Kier molecular flexibility index (Phi) is 8.57. The Morgan fingerprint density at radius 3 is 2.54 bits per heavy atom. The summed E-state index contributed by atoms with van der Waals surface area (Å²) in [5.74, 6) is 0.0648. The molecule has 1 aromatic carbocycles. The van der Waals surface area contributed by atoms with E-state index in [-0.39, 0.29) is 36.5 Å². The average molecular weight is 403 g/mol.